The summed E-state index contributed by atoms with van der Waals surface area (Å²) in [7, 11) is 1.57. The summed E-state index contributed by atoms with van der Waals surface area (Å²) >= 11 is 0.949. The quantitative estimate of drug-likeness (QED) is 0.746. The van der Waals surface area contributed by atoms with Gasteiger partial charge in [-0.3, -0.25) is 4.79 Å². The van der Waals surface area contributed by atoms with E-state index >= 15 is 0 Å². The fourth-order valence-corrected chi connectivity index (χ4v) is 2.96. The Morgan fingerprint density at radius 2 is 1.92 bits per heavy atom. The van der Waals surface area contributed by atoms with Crippen LogP contribution < -0.4 is 14.8 Å². The van der Waals surface area contributed by atoms with Gasteiger partial charge in [-0.15, -0.1) is 11.3 Å². The van der Waals surface area contributed by atoms with Gasteiger partial charge in [-0.1, -0.05) is 13.0 Å². The van der Waals surface area contributed by atoms with Crippen molar-refractivity contribution < 1.29 is 24.2 Å². The second-order valence-corrected chi connectivity index (χ2v) is 6.51. The predicted octanol–water partition coefficient (Wildman–Crippen LogP) is 3.73. The minimum Gasteiger partial charge on any atom is -0.493 e. The fourth-order valence-electron chi connectivity index (χ4n) is 2.21. The zero-order chi connectivity index (χ0) is 18.4. The van der Waals surface area contributed by atoms with Gasteiger partial charge >= 0.3 is 5.97 Å². The molecule has 7 heteroatoms. The number of hydrogen-bond acceptors (Lipinski definition) is 5. The second-order valence-electron chi connectivity index (χ2n) is 5.42. The lowest BCUT2D eigenvalue weighted by molar-refractivity contribution is 0.0702. The highest BCUT2D eigenvalue weighted by atomic mass is 32.1. The monoisotopic (exact) mass is 363 g/mol. The number of benzene rings is 1. The third-order valence-electron chi connectivity index (χ3n) is 3.54. The van der Waals surface area contributed by atoms with Crippen LogP contribution in [0.5, 0.6) is 11.5 Å². The molecule has 0 aliphatic rings. The molecule has 1 heterocycles. The van der Waals surface area contributed by atoms with Gasteiger partial charge in [0.1, 0.15) is 4.88 Å². The molecule has 1 aromatic carbocycles. The Kier molecular flexibility index (Phi) is 6.41. The van der Waals surface area contributed by atoms with Crippen molar-refractivity contribution >= 4 is 23.2 Å². The summed E-state index contributed by atoms with van der Waals surface area (Å²) in [6.07, 6.45) is 0.899. The minimum atomic E-state index is -1.04. The van der Waals surface area contributed by atoms with Crippen LogP contribution >= 0.6 is 11.3 Å². The summed E-state index contributed by atoms with van der Waals surface area (Å²) in [5.74, 6) is -0.0768. The van der Waals surface area contributed by atoms with Gasteiger partial charge < -0.3 is 19.9 Å². The molecule has 0 saturated carbocycles. The summed E-state index contributed by atoms with van der Waals surface area (Å²) in [6.45, 7) is 4.48. The van der Waals surface area contributed by atoms with Crippen LogP contribution in [0.15, 0.2) is 30.3 Å². The van der Waals surface area contributed by atoms with Crippen molar-refractivity contribution in [2.24, 2.45) is 0 Å². The maximum absolute atomic E-state index is 12.3. The number of thiophene rings is 1. The van der Waals surface area contributed by atoms with E-state index in [2.05, 4.69) is 5.32 Å². The SMILES string of the molecule is CCCOc1ccc(C(C)NC(=O)c2ccc(C(=O)O)s2)cc1OC. The first-order valence-corrected chi connectivity index (χ1v) is 8.72. The Morgan fingerprint density at radius 1 is 1.20 bits per heavy atom. The molecule has 1 amide bonds. The van der Waals surface area contributed by atoms with E-state index < -0.39 is 5.97 Å². The summed E-state index contributed by atoms with van der Waals surface area (Å²) in [5.41, 5.74) is 0.865. The number of carbonyl (C=O) groups excluding carboxylic acids is 1. The highest BCUT2D eigenvalue weighted by molar-refractivity contribution is 7.15. The average molecular weight is 363 g/mol. The van der Waals surface area contributed by atoms with Crippen molar-refractivity contribution in [3.63, 3.8) is 0 Å². The first-order chi connectivity index (χ1) is 12.0. The molecule has 2 rings (SSSR count). The van der Waals surface area contributed by atoms with Gasteiger partial charge in [0.25, 0.3) is 5.91 Å². The molecule has 1 unspecified atom stereocenters. The molecule has 0 aliphatic heterocycles. The number of rotatable bonds is 8. The van der Waals surface area contributed by atoms with E-state index in [4.69, 9.17) is 14.6 Å². The van der Waals surface area contributed by atoms with Gasteiger partial charge in [0.2, 0.25) is 0 Å². The number of aromatic carboxylic acids is 1. The molecule has 2 aromatic rings. The minimum absolute atomic E-state index is 0.136. The first-order valence-electron chi connectivity index (χ1n) is 7.91. The number of nitrogens with one attached hydrogen (secondary N) is 1. The fraction of sp³-hybridized carbons (Fsp3) is 0.333. The molecule has 0 radical (unpaired) electrons. The Balaban J connectivity index is 2.09. The van der Waals surface area contributed by atoms with Crippen LogP contribution in [0.3, 0.4) is 0 Å². The van der Waals surface area contributed by atoms with E-state index in [9.17, 15) is 9.59 Å². The van der Waals surface area contributed by atoms with E-state index in [-0.39, 0.29) is 16.8 Å². The van der Waals surface area contributed by atoms with Crippen LogP contribution in [0.2, 0.25) is 0 Å². The molecule has 134 valence electrons. The second kappa shape index (κ2) is 8.53. The van der Waals surface area contributed by atoms with Crippen molar-refractivity contribution in [1.82, 2.24) is 5.32 Å². The lowest BCUT2D eigenvalue weighted by Crippen LogP contribution is -2.25. The zero-order valence-electron chi connectivity index (χ0n) is 14.4. The third kappa shape index (κ3) is 4.73. The Morgan fingerprint density at radius 3 is 2.52 bits per heavy atom. The van der Waals surface area contributed by atoms with Crippen molar-refractivity contribution in [3.8, 4) is 11.5 Å². The zero-order valence-corrected chi connectivity index (χ0v) is 15.2. The normalized spacial score (nSPS) is 11.6. The average Bonchev–Trinajstić information content (AvgIpc) is 3.10. The van der Waals surface area contributed by atoms with Crippen LogP contribution in [0.25, 0.3) is 0 Å². The molecule has 0 spiro atoms. The third-order valence-corrected chi connectivity index (χ3v) is 4.61. The molecule has 6 nitrogen and oxygen atoms in total. The molecule has 0 aliphatic carbocycles. The number of ether oxygens (including phenoxy) is 2. The maximum atomic E-state index is 12.3. The molecule has 1 atom stereocenters. The van der Waals surface area contributed by atoms with Crippen LogP contribution in [0, 0.1) is 0 Å². The van der Waals surface area contributed by atoms with E-state index in [1.165, 1.54) is 12.1 Å². The molecule has 0 saturated heterocycles. The number of methoxy groups -OCH3 is 1. The molecule has 0 bridgehead atoms. The number of carboxylic acids is 1. The van der Waals surface area contributed by atoms with Crippen molar-refractivity contribution in [2.45, 2.75) is 26.3 Å². The van der Waals surface area contributed by atoms with Crippen LogP contribution in [0.1, 0.15) is 51.2 Å². The number of amides is 1. The Hall–Kier alpha value is -2.54. The van der Waals surface area contributed by atoms with Crippen LogP contribution in [0.4, 0.5) is 0 Å². The lowest BCUT2D eigenvalue weighted by Gasteiger charge is -2.17. The molecule has 0 fully saturated rings. The summed E-state index contributed by atoms with van der Waals surface area (Å²) < 4.78 is 11.0. The van der Waals surface area contributed by atoms with E-state index in [1.54, 1.807) is 7.11 Å². The maximum Gasteiger partial charge on any atom is 0.345 e. The van der Waals surface area contributed by atoms with Crippen molar-refractivity contribution in [1.29, 1.82) is 0 Å². The van der Waals surface area contributed by atoms with Gasteiger partial charge in [-0.05, 0) is 43.2 Å². The Labute approximate surface area is 150 Å². The number of carboxylic acid groups (broad SMARTS) is 1. The van der Waals surface area contributed by atoms with Gasteiger partial charge in [0, 0.05) is 0 Å². The van der Waals surface area contributed by atoms with Gasteiger partial charge in [-0.25, -0.2) is 4.79 Å². The summed E-state index contributed by atoms with van der Waals surface area (Å²) in [5, 5.41) is 11.8. The first kappa shape index (κ1) is 18.8. The van der Waals surface area contributed by atoms with E-state index in [0.29, 0.717) is 23.0 Å². The van der Waals surface area contributed by atoms with Crippen LogP contribution in [-0.4, -0.2) is 30.7 Å². The summed E-state index contributed by atoms with van der Waals surface area (Å²) in [4.78, 5) is 23.7. The molecule has 2 N–H and O–H groups in total. The van der Waals surface area contributed by atoms with Crippen molar-refractivity contribution in [2.75, 3.05) is 13.7 Å². The van der Waals surface area contributed by atoms with E-state index in [0.717, 1.165) is 23.3 Å². The van der Waals surface area contributed by atoms with Gasteiger partial charge in [0.05, 0.1) is 24.6 Å². The highest BCUT2D eigenvalue weighted by Crippen LogP contribution is 2.30. The summed E-state index contributed by atoms with van der Waals surface area (Å²) in [6, 6.07) is 8.19. The van der Waals surface area contributed by atoms with Gasteiger partial charge in [0.15, 0.2) is 11.5 Å². The standard InChI is InChI=1S/C18H21NO5S/c1-4-9-24-13-6-5-12(10-14(13)23-3)11(2)19-17(20)15-7-8-16(25-15)18(21)22/h5-8,10-11H,4,9H2,1-3H3,(H,19,20)(H,21,22). The topological polar surface area (TPSA) is 84.9 Å². The smallest absolute Gasteiger partial charge is 0.345 e. The molecule has 1 aromatic heterocycles. The van der Waals surface area contributed by atoms with E-state index in [1.807, 2.05) is 32.0 Å². The van der Waals surface area contributed by atoms with Crippen molar-refractivity contribution in [3.05, 3.63) is 45.6 Å². The molecule has 25 heavy (non-hydrogen) atoms. The molecular formula is C18H21NO5S. The highest BCUT2D eigenvalue weighted by Gasteiger charge is 2.17. The Bertz CT molecular complexity index is 756. The number of hydrogen-bond donors (Lipinski definition) is 2. The van der Waals surface area contributed by atoms with Crippen LogP contribution in [-0.2, 0) is 0 Å². The number of carbonyl (C=O) groups is 2. The van der Waals surface area contributed by atoms with Gasteiger partial charge in [-0.2, -0.15) is 0 Å². The lowest BCUT2D eigenvalue weighted by atomic mass is 10.1. The predicted molar refractivity (Wildman–Crippen MR) is 95.9 cm³/mol. The molecular weight excluding hydrogens is 342 g/mol. The largest absolute Gasteiger partial charge is 0.493 e.